The molecule has 0 aliphatic carbocycles. The van der Waals surface area contributed by atoms with Crippen LogP contribution in [0.15, 0.2) is 49.1 Å². The van der Waals surface area contributed by atoms with Gasteiger partial charge in [-0.1, -0.05) is 47.5 Å². The molecule has 0 amide bonds. The molecule has 2 aromatic carbocycles. The molecule has 1 saturated heterocycles. The third-order valence-electron chi connectivity index (χ3n) is 4.77. The second-order valence-electron chi connectivity index (χ2n) is 6.97. The van der Waals surface area contributed by atoms with E-state index in [0.717, 1.165) is 11.3 Å². The van der Waals surface area contributed by atoms with Gasteiger partial charge in [0.15, 0.2) is 0 Å². The van der Waals surface area contributed by atoms with E-state index in [1.807, 2.05) is 30.3 Å². The highest BCUT2D eigenvalue weighted by atomic mass is 35.5. The van der Waals surface area contributed by atoms with Gasteiger partial charge in [-0.2, -0.15) is 0 Å². The van der Waals surface area contributed by atoms with E-state index in [1.165, 1.54) is 12.1 Å². The second-order valence-corrected chi connectivity index (χ2v) is 7.79. The summed E-state index contributed by atoms with van der Waals surface area (Å²) in [7, 11) is 0. The van der Waals surface area contributed by atoms with Gasteiger partial charge in [0.1, 0.15) is 24.3 Å². The molecule has 164 valence electrons. The summed E-state index contributed by atoms with van der Waals surface area (Å²) >= 11 is 12.0. The smallest absolute Gasteiger partial charge is 0.142 e. The number of hydrogen-bond donors (Lipinski definition) is 1. The number of aliphatic hydroxyl groups excluding tert-OH is 1. The van der Waals surface area contributed by atoms with Gasteiger partial charge in [0, 0.05) is 30.2 Å². The maximum atomic E-state index is 13.8. The minimum Gasteiger partial charge on any atom is -0.491 e. The molecular formula is C22H25Cl3FNO3. The predicted molar refractivity (Wildman–Crippen MR) is 121 cm³/mol. The van der Waals surface area contributed by atoms with Crippen LogP contribution in [0.25, 0.3) is 0 Å². The van der Waals surface area contributed by atoms with Crippen LogP contribution in [-0.4, -0.2) is 49.0 Å². The lowest BCUT2D eigenvalue weighted by molar-refractivity contribution is -0.0460. The number of morpholine rings is 1. The van der Waals surface area contributed by atoms with Crippen molar-refractivity contribution in [2.75, 3.05) is 32.8 Å². The van der Waals surface area contributed by atoms with Gasteiger partial charge in [0.05, 0.1) is 17.7 Å². The number of nitrogens with zero attached hydrogens (tertiary/aromatic N) is 1. The largest absolute Gasteiger partial charge is 0.491 e. The van der Waals surface area contributed by atoms with Crippen molar-refractivity contribution in [3.8, 4) is 5.75 Å². The van der Waals surface area contributed by atoms with Crippen LogP contribution < -0.4 is 4.74 Å². The van der Waals surface area contributed by atoms with E-state index >= 15 is 0 Å². The summed E-state index contributed by atoms with van der Waals surface area (Å²) < 4.78 is 25.4. The molecule has 2 atom stereocenters. The van der Waals surface area contributed by atoms with Gasteiger partial charge in [0.2, 0.25) is 0 Å². The van der Waals surface area contributed by atoms with Crippen LogP contribution in [0.1, 0.15) is 17.2 Å². The van der Waals surface area contributed by atoms with Gasteiger partial charge in [-0.25, -0.2) is 4.39 Å². The fourth-order valence-electron chi connectivity index (χ4n) is 3.35. The lowest BCUT2D eigenvalue weighted by Crippen LogP contribution is -2.43. The third-order valence-corrected chi connectivity index (χ3v) is 5.39. The standard InChI is InChI=1S/C22H24Cl2FNO3.ClH/c1-2-5-15-6-3-4-7-21(15)29-14-16(27)12-26-8-9-28-22(13-26)17-10-20(25)19(24)11-18(17)23;/h2-4,6-7,10-11,16,22,27H,1,5,8-9,12-14H2;1H. The number of benzene rings is 2. The average Bonchev–Trinajstić information content (AvgIpc) is 2.70. The molecule has 1 aliphatic heterocycles. The molecule has 1 heterocycles. The Morgan fingerprint density at radius 1 is 1.30 bits per heavy atom. The minimum atomic E-state index is -0.678. The Kier molecular flexibility index (Phi) is 9.88. The van der Waals surface area contributed by atoms with Crippen molar-refractivity contribution in [3.05, 3.63) is 76.0 Å². The van der Waals surface area contributed by atoms with Gasteiger partial charge in [-0.3, -0.25) is 4.90 Å². The van der Waals surface area contributed by atoms with Gasteiger partial charge in [-0.05, 0) is 30.2 Å². The first kappa shape index (κ1) is 24.9. The summed E-state index contributed by atoms with van der Waals surface area (Å²) in [5, 5.41) is 10.8. The third kappa shape index (κ3) is 6.58. The van der Waals surface area contributed by atoms with E-state index in [1.54, 1.807) is 0 Å². The van der Waals surface area contributed by atoms with Crippen molar-refractivity contribution in [2.45, 2.75) is 18.6 Å². The topological polar surface area (TPSA) is 41.9 Å². The molecule has 0 radical (unpaired) electrons. The number of rotatable bonds is 8. The number of allylic oxidation sites excluding steroid dienone is 1. The molecule has 2 aromatic rings. The first-order chi connectivity index (χ1) is 14.0. The van der Waals surface area contributed by atoms with Crippen LogP contribution in [0.4, 0.5) is 4.39 Å². The fraction of sp³-hybridized carbons (Fsp3) is 0.364. The number of para-hydroxylation sites is 1. The molecule has 3 rings (SSSR count). The van der Waals surface area contributed by atoms with Crippen molar-refractivity contribution < 1.29 is 19.0 Å². The highest BCUT2D eigenvalue weighted by molar-refractivity contribution is 6.35. The zero-order valence-electron chi connectivity index (χ0n) is 16.4. The summed E-state index contributed by atoms with van der Waals surface area (Å²) in [5.74, 6) is 0.216. The number of hydrogen-bond acceptors (Lipinski definition) is 4. The van der Waals surface area contributed by atoms with E-state index < -0.39 is 11.9 Å². The van der Waals surface area contributed by atoms with E-state index in [2.05, 4.69) is 11.5 Å². The van der Waals surface area contributed by atoms with Crippen molar-refractivity contribution in [2.24, 2.45) is 0 Å². The van der Waals surface area contributed by atoms with Gasteiger partial charge >= 0.3 is 0 Å². The maximum absolute atomic E-state index is 13.8. The first-order valence-electron chi connectivity index (χ1n) is 9.46. The normalized spacial score (nSPS) is 17.8. The molecular weight excluding hydrogens is 452 g/mol. The summed E-state index contributed by atoms with van der Waals surface area (Å²) in [6.07, 6.45) is 1.46. The highest BCUT2D eigenvalue weighted by Gasteiger charge is 2.26. The Bertz CT molecular complexity index is 852. The Balaban J connectivity index is 0.00000320. The quantitative estimate of drug-likeness (QED) is 0.425. The average molecular weight is 477 g/mol. The molecule has 1 fully saturated rings. The van der Waals surface area contributed by atoms with Crippen LogP contribution in [0.2, 0.25) is 10.0 Å². The van der Waals surface area contributed by atoms with Crippen LogP contribution in [0.5, 0.6) is 5.75 Å². The summed E-state index contributed by atoms with van der Waals surface area (Å²) in [5.41, 5.74) is 1.59. The molecule has 30 heavy (non-hydrogen) atoms. The number of aliphatic hydroxyl groups is 1. The monoisotopic (exact) mass is 475 g/mol. The second kappa shape index (κ2) is 11.9. The Morgan fingerprint density at radius 2 is 2.07 bits per heavy atom. The zero-order chi connectivity index (χ0) is 20.8. The minimum absolute atomic E-state index is 0. The van der Waals surface area contributed by atoms with Crippen LogP contribution >= 0.6 is 35.6 Å². The molecule has 2 unspecified atom stereocenters. The van der Waals surface area contributed by atoms with E-state index in [0.29, 0.717) is 43.2 Å². The van der Waals surface area contributed by atoms with Gasteiger partial charge < -0.3 is 14.6 Å². The number of ether oxygens (including phenoxy) is 2. The van der Waals surface area contributed by atoms with Gasteiger partial charge in [0.25, 0.3) is 0 Å². The molecule has 0 saturated carbocycles. The Hall–Kier alpha value is -1.34. The SMILES string of the molecule is C=CCc1ccccc1OCC(O)CN1CCOC(c2cc(F)c(Cl)cc2Cl)C1.Cl. The van der Waals surface area contributed by atoms with E-state index in [-0.39, 0.29) is 30.1 Å². The molecule has 0 aromatic heterocycles. The summed E-state index contributed by atoms with van der Waals surface area (Å²) in [6.45, 7) is 5.95. The first-order valence-corrected chi connectivity index (χ1v) is 10.2. The van der Waals surface area contributed by atoms with Crippen molar-refractivity contribution in [1.82, 2.24) is 4.90 Å². The van der Waals surface area contributed by atoms with Crippen molar-refractivity contribution in [3.63, 3.8) is 0 Å². The molecule has 4 nitrogen and oxygen atoms in total. The Morgan fingerprint density at radius 3 is 2.83 bits per heavy atom. The van der Waals surface area contributed by atoms with Crippen LogP contribution in [-0.2, 0) is 11.2 Å². The van der Waals surface area contributed by atoms with Crippen LogP contribution in [0, 0.1) is 5.82 Å². The summed E-state index contributed by atoms with van der Waals surface area (Å²) in [4.78, 5) is 2.06. The van der Waals surface area contributed by atoms with E-state index in [9.17, 15) is 9.50 Å². The Labute approximate surface area is 192 Å². The number of β-amino-alcohol motifs (C(OH)–C–C–N with tert-alkyl or cyclic N) is 1. The fourth-order valence-corrected chi connectivity index (χ4v) is 3.85. The molecule has 0 bridgehead atoms. The molecule has 1 aliphatic rings. The molecule has 8 heteroatoms. The lowest BCUT2D eigenvalue weighted by atomic mass is 10.1. The molecule has 0 spiro atoms. The molecule has 1 N–H and O–H groups in total. The van der Waals surface area contributed by atoms with Crippen LogP contribution in [0.3, 0.4) is 0 Å². The lowest BCUT2D eigenvalue weighted by Gasteiger charge is -2.34. The van der Waals surface area contributed by atoms with Gasteiger partial charge in [-0.15, -0.1) is 19.0 Å². The zero-order valence-corrected chi connectivity index (χ0v) is 18.7. The maximum Gasteiger partial charge on any atom is 0.142 e. The number of halogens is 4. The highest BCUT2D eigenvalue weighted by Crippen LogP contribution is 2.32. The van der Waals surface area contributed by atoms with Crippen molar-refractivity contribution in [1.29, 1.82) is 0 Å². The van der Waals surface area contributed by atoms with Crippen molar-refractivity contribution >= 4 is 35.6 Å². The summed E-state index contributed by atoms with van der Waals surface area (Å²) in [6, 6.07) is 10.4. The van der Waals surface area contributed by atoms with E-state index in [4.69, 9.17) is 32.7 Å². The predicted octanol–water partition coefficient (Wildman–Crippen LogP) is 5.10.